The number of hydrogen-bond acceptors (Lipinski definition) is 6. The number of furan rings is 1. The molecule has 0 radical (unpaired) electrons. The van der Waals surface area contributed by atoms with E-state index in [-0.39, 0.29) is 0 Å². The molecule has 0 bridgehead atoms. The SMILES string of the molecule is CS(=O)(=O)Nc1ccc(C2=NN(S(C)(=O)=O)C(c3ccco3)C2)cc1. The normalized spacial score (nSPS) is 18.2. The molecular weight excluding hydrogens is 366 g/mol. The summed E-state index contributed by atoms with van der Waals surface area (Å²) in [5.41, 5.74) is 1.71. The zero-order chi connectivity index (χ0) is 18.2. The minimum absolute atomic E-state index is 0.361. The molecule has 1 aromatic carbocycles. The Morgan fingerprint density at radius 1 is 1.12 bits per heavy atom. The summed E-state index contributed by atoms with van der Waals surface area (Å²) in [6.45, 7) is 0. The van der Waals surface area contributed by atoms with E-state index < -0.39 is 26.1 Å². The Kier molecular flexibility index (Phi) is 4.33. The molecule has 0 aliphatic carbocycles. The summed E-state index contributed by atoms with van der Waals surface area (Å²) < 4.78 is 55.3. The number of rotatable bonds is 5. The van der Waals surface area contributed by atoms with Crippen LogP contribution in [0, 0.1) is 0 Å². The average Bonchev–Trinajstić information content (AvgIpc) is 3.15. The van der Waals surface area contributed by atoms with Crippen molar-refractivity contribution in [2.45, 2.75) is 12.5 Å². The zero-order valence-corrected chi connectivity index (χ0v) is 15.2. The van der Waals surface area contributed by atoms with Gasteiger partial charge >= 0.3 is 0 Å². The number of nitrogens with one attached hydrogen (secondary N) is 1. The van der Waals surface area contributed by atoms with Crippen LogP contribution in [0.15, 0.2) is 52.2 Å². The van der Waals surface area contributed by atoms with Crippen LogP contribution in [0.4, 0.5) is 5.69 Å². The maximum atomic E-state index is 12.0. The Morgan fingerprint density at radius 3 is 2.32 bits per heavy atom. The van der Waals surface area contributed by atoms with E-state index in [1.165, 1.54) is 6.26 Å². The molecule has 1 unspecified atom stereocenters. The van der Waals surface area contributed by atoms with Crippen LogP contribution in [-0.2, 0) is 20.0 Å². The van der Waals surface area contributed by atoms with Crippen molar-refractivity contribution >= 4 is 31.4 Å². The van der Waals surface area contributed by atoms with Crippen LogP contribution in [0.5, 0.6) is 0 Å². The van der Waals surface area contributed by atoms with Gasteiger partial charge in [-0.1, -0.05) is 12.1 Å². The molecule has 1 aliphatic heterocycles. The lowest BCUT2D eigenvalue weighted by Gasteiger charge is -2.18. The van der Waals surface area contributed by atoms with Crippen LogP contribution in [-0.4, -0.2) is 39.5 Å². The van der Waals surface area contributed by atoms with Crippen LogP contribution < -0.4 is 4.72 Å². The molecule has 134 valence electrons. The van der Waals surface area contributed by atoms with Gasteiger partial charge in [0.25, 0.3) is 0 Å². The molecule has 10 heteroatoms. The number of benzene rings is 1. The van der Waals surface area contributed by atoms with E-state index in [0.717, 1.165) is 16.9 Å². The topological polar surface area (TPSA) is 109 Å². The van der Waals surface area contributed by atoms with Crippen molar-refractivity contribution in [3.05, 3.63) is 54.0 Å². The molecule has 1 N–H and O–H groups in total. The maximum absolute atomic E-state index is 12.0. The van der Waals surface area contributed by atoms with Crippen molar-refractivity contribution in [1.82, 2.24) is 4.41 Å². The molecular formula is C15H17N3O5S2. The molecule has 2 aromatic rings. The lowest BCUT2D eigenvalue weighted by Crippen LogP contribution is -2.25. The van der Waals surface area contributed by atoms with E-state index in [2.05, 4.69) is 9.82 Å². The molecule has 3 rings (SSSR count). The second kappa shape index (κ2) is 6.19. The second-order valence-corrected chi connectivity index (χ2v) is 9.36. The summed E-state index contributed by atoms with van der Waals surface area (Å²) in [5.74, 6) is 0.513. The summed E-state index contributed by atoms with van der Waals surface area (Å²) in [4.78, 5) is 0. The van der Waals surface area contributed by atoms with Gasteiger partial charge in [-0.25, -0.2) is 16.8 Å². The predicted molar refractivity (Wildman–Crippen MR) is 94.2 cm³/mol. The van der Waals surface area contributed by atoms with Crippen LogP contribution in [0.1, 0.15) is 23.8 Å². The molecule has 0 fully saturated rings. The lowest BCUT2D eigenvalue weighted by atomic mass is 10.0. The Balaban J connectivity index is 1.90. The third-order valence-electron chi connectivity index (χ3n) is 3.61. The summed E-state index contributed by atoms with van der Waals surface area (Å²) in [6, 6.07) is 9.45. The van der Waals surface area contributed by atoms with E-state index in [9.17, 15) is 16.8 Å². The van der Waals surface area contributed by atoms with Crippen molar-refractivity contribution in [2.75, 3.05) is 17.2 Å². The number of hydrazone groups is 1. The molecule has 0 saturated carbocycles. The second-order valence-electron chi connectivity index (χ2n) is 5.77. The molecule has 25 heavy (non-hydrogen) atoms. The van der Waals surface area contributed by atoms with Crippen LogP contribution in [0.2, 0.25) is 0 Å². The quantitative estimate of drug-likeness (QED) is 0.846. The van der Waals surface area contributed by atoms with Gasteiger partial charge in [-0.3, -0.25) is 4.72 Å². The third-order valence-corrected chi connectivity index (χ3v) is 5.23. The van der Waals surface area contributed by atoms with Gasteiger partial charge in [-0.2, -0.15) is 9.52 Å². The van der Waals surface area contributed by atoms with E-state index in [1.807, 2.05) is 0 Å². The van der Waals surface area contributed by atoms with E-state index in [1.54, 1.807) is 36.4 Å². The standard InChI is InChI=1S/C15H17N3O5S2/c1-24(19,20)17-12-7-5-11(6-8-12)13-10-14(15-4-3-9-23-15)18(16-13)25(2,21)22/h3-9,14,17H,10H2,1-2H3. The smallest absolute Gasteiger partial charge is 0.247 e. The highest BCUT2D eigenvalue weighted by Gasteiger charge is 2.36. The van der Waals surface area contributed by atoms with Gasteiger partial charge in [0.2, 0.25) is 20.0 Å². The minimum atomic E-state index is -3.56. The monoisotopic (exact) mass is 383 g/mol. The van der Waals surface area contributed by atoms with Gasteiger partial charge in [-0.15, -0.1) is 0 Å². The van der Waals surface area contributed by atoms with Crippen LogP contribution >= 0.6 is 0 Å². The average molecular weight is 383 g/mol. The first kappa shape index (κ1) is 17.5. The molecule has 2 heterocycles. The molecule has 0 amide bonds. The molecule has 0 saturated heterocycles. The first-order valence-corrected chi connectivity index (χ1v) is 11.1. The zero-order valence-electron chi connectivity index (χ0n) is 13.6. The van der Waals surface area contributed by atoms with Gasteiger partial charge in [0.1, 0.15) is 11.8 Å². The largest absolute Gasteiger partial charge is 0.467 e. The molecule has 1 aromatic heterocycles. The Hall–Kier alpha value is -2.33. The van der Waals surface area contributed by atoms with E-state index in [0.29, 0.717) is 29.1 Å². The molecule has 8 nitrogen and oxygen atoms in total. The van der Waals surface area contributed by atoms with Gasteiger partial charge in [0.15, 0.2) is 0 Å². The van der Waals surface area contributed by atoms with Crippen LogP contribution in [0.25, 0.3) is 0 Å². The predicted octanol–water partition coefficient (Wildman–Crippen LogP) is 1.76. The summed E-state index contributed by atoms with van der Waals surface area (Å²) in [6.07, 6.45) is 4.01. The molecule has 1 aliphatic rings. The highest BCUT2D eigenvalue weighted by molar-refractivity contribution is 7.92. The number of nitrogens with zero attached hydrogens (tertiary/aromatic N) is 2. The van der Waals surface area contributed by atoms with E-state index in [4.69, 9.17) is 4.42 Å². The summed E-state index contributed by atoms with van der Waals surface area (Å²) in [7, 11) is -6.91. The number of hydrogen-bond donors (Lipinski definition) is 1. The third kappa shape index (κ3) is 4.02. The van der Waals surface area contributed by atoms with Crippen molar-refractivity contribution in [3.8, 4) is 0 Å². The lowest BCUT2D eigenvalue weighted by molar-refractivity contribution is 0.322. The molecule has 0 spiro atoms. The Labute approximate surface area is 146 Å². The summed E-state index contributed by atoms with van der Waals surface area (Å²) in [5, 5.41) is 4.23. The maximum Gasteiger partial charge on any atom is 0.247 e. The van der Waals surface area contributed by atoms with Gasteiger partial charge < -0.3 is 4.42 Å². The molecule has 1 atom stereocenters. The fourth-order valence-electron chi connectivity index (χ4n) is 2.61. The Bertz CT molecular complexity index is 994. The highest BCUT2D eigenvalue weighted by Crippen LogP contribution is 2.34. The number of sulfonamides is 2. The summed E-state index contributed by atoms with van der Waals surface area (Å²) >= 11 is 0. The van der Waals surface area contributed by atoms with Crippen molar-refractivity contribution in [3.63, 3.8) is 0 Å². The van der Waals surface area contributed by atoms with Crippen molar-refractivity contribution in [1.29, 1.82) is 0 Å². The van der Waals surface area contributed by atoms with Gasteiger partial charge in [0, 0.05) is 12.1 Å². The first-order chi connectivity index (χ1) is 11.6. The fourth-order valence-corrected chi connectivity index (χ4v) is 4.06. The first-order valence-electron chi connectivity index (χ1n) is 7.32. The number of anilines is 1. The van der Waals surface area contributed by atoms with Crippen molar-refractivity contribution < 1.29 is 21.3 Å². The minimum Gasteiger partial charge on any atom is -0.467 e. The van der Waals surface area contributed by atoms with Gasteiger partial charge in [0.05, 0.1) is 24.5 Å². The van der Waals surface area contributed by atoms with Crippen molar-refractivity contribution in [2.24, 2.45) is 5.10 Å². The van der Waals surface area contributed by atoms with Gasteiger partial charge in [-0.05, 0) is 29.8 Å². The Morgan fingerprint density at radius 2 is 1.80 bits per heavy atom. The fraction of sp³-hybridized carbons (Fsp3) is 0.267. The van der Waals surface area contributed by atoms with E-state index >= 15 is 0 Å². The van der Waals surface area contributed by atoms with Crippen LogP contribution in [0.3, 0.4) is 0 Å². The highest BCUT2D eigenvalue weighted by atomic mass is 32.2.